The van der Waals surface area contributed by atoms with Crippen LogP contribution >= 0.6 is 11.8 Å². The maximum atomic E-state index is 13.2. The number of ether oxygens (including phenoxy) is 1. The van der Waals surface area contributed by atoms with Gasteiger partial charge in [0.05, 0.1) is 18.4 Å². The molecule has 2 N–H and O–H groups in total. The number of fused-ring (bicyclic) bond motifs is 1. The minimum absolute atomic E-state index is 0.0518. The number of hydrogen-bond donors (Lipinski definition) is 2. The molecule has 0 bridgehead atoms. The maximum Gasteiger partial charge on any atom is 0.305 e. The lowest BCUT2D eigenvalue weighted by atomic mass is 10.1. The summed E-state index contributed by atoms with van der Waals surface area (Å²) in [5.74, 6) is -0.300. The fourth-order valence-electron chi connectivity index (χ4n) is 3.05. The van der Waals surface area contributed by atoms with Crippen molar-refractivity contribution in [1.29, 1.82) is 0 Å². The summed E-state index contributed by atoms with van der Waals surface area (Å²) in [4.78, 5) is 26.6. The van der Waals surface area contributed by atoms with Crippen molar-refractivity contribution in [3.05, 3.63) is 77.7 Å². The summed E-state index contributed by atoms with van der Waals surface area (Å²) in [6, 6.07) is 15.0. The van der Waals surface area contributed by atoms with E-state index in [1.807, 2.05) is 19.1 Å². The van der Waals surface area contributed by atoms with Gasteiger partial charge >= 0.3 is 5.91 Å². The molecule has 1 aromatic heterocycles. The lowest BCUT2D eigenvalue weighted by molar-refractivity contribution is 0.0534. The van der Waals surface area contributed by atoms with Gasteiger partial charge in [-0.2, -0.15) is 0 Å². The third-order valence-electron chi connectivity index (χ3n) is 4.34. The molecule has 29 heavy (non-hydrogen) atoms. The number of carbonyl (C=O) groups excluding carboxylic acids is 2. The van der Waals surface area contributed by atoms with E-state index in [2.05, 4.69) is 5.43 Å². The number of furan rings is 1. The summed E-state index contributed by atoms with van der Waals surface area (Å²) < 4.78 is 10.8. The summed E-state index contributed by atoms with van der Waals surface area (Å²) in [6.07, 6.45) is 1.39. The number of benzene rings is 2. The Hall–Kier alpha value is -3.39. The Bertz CT molecular complexity index is 1050. The SMILES string of the molecule is CCOc1cc(O)ccc1C1Sc2ccccc2C(=O)N1NC(=O)c1ccco1. The molecule has 0 spiro atoms. The number of nitrogens with zero attached hydrogens (tertiary/aromatic N) is 1. The molecule has 3 aromatic rings. The van der Waals surface area contributed by atoms with E-state index in [0.29, 0.717) is 23.5 Å². The minimum Gasteiger partial charge on any atom is -0.508 e. The van der Waals surface area contributed by atoms with Gasteiger partial charge in [0.25, 0.3) is 5.91 Å². The zero-order valence-corrected chi connectivity index (χ0v) is 16.3. The van der Waals surface area contributed by atoms with Crippen molar-refractivity contribution in [3.63, 3.8) is 0 Å². The second-order valence-electron chi connectivity index (χ2n) is 6.21. The van der Waals surface area contributed by atoms with Crippen molar-refractivity contribution in [3.8, 4) is 11.5 Å². The lowest BCUT2D eigenvalue weighted by Gasteiger charge is -2.36. The number of rotatable bonds is 5. The van der Waals surface area contributed by atoms with Gasteiger partial charge in [-0.1, -0.05) is 23.9 Å². The van der Waals surface area contributed by atoms with E-state index >= 15 is 0 Å². The number of amides is 2. The zero-order valence-electron chi connectivity index (χ0n) is 15.5. The molecule has 0 fully saturated rings. The standard InChI is InChI=1S/C21H18N2O5S/c1-2-27-17-12-13(24)9-10-14(17)21-23(22-19(25)16-7-5-11-28-16)20(26)15-6-3-4-8-18(15)29-21/h3-12,21,24H,2H2,1H3,(H,22,25). The number of nitrogens with one attached hydrogen (secondary N) is 1. The van der Waals surface area contributed by atoms with E-state index in [4.69, 9.17) is 9.15 Å². The van der Waals surface area contributed by atoms with Gasteiger partial charge in [-0.15, -0.1) is 0 Å². The first-order valence-corrected chi connectivity index (χ1v) is 9.86. The van der Waals surface area contributed by atoms with Crippen molar-refractivity contribution in [2.75, 3.05) is 6.61 Å². The van der Waals surface area contributed by atoms with Gasteiger partial charge in [-0.3, -0.25) is 15.0 Å². The molecule has 4 rings (SSSR count). The lowest BCUT2D eigenvalue weighted by Crippen LogP contribution is -2.49. The molecule has 0 saturated carbocycles. The van der Waals surface area contributed by atoms with E-state index in [-0.39, 0.29) is 17.4 Å². The largest absolute Gasteiger partial charge is 0.508 e. The second-order valence-corrected chi connectivity index (χ2v) is 7.34. The van der Waals surface area contributed by atoms with Gasteiger partial charge in [-0.25, -0.2) is 5.01 Å². The van der Waals surface area contributed by atoms with Gasteiger partial charge < -0.3 is 14.3 Å². The highest BCUT2D eigenvalue weighted by molar-refractivity contribution is 7.99. The van der Waals surface area contributed by atoms with Gasteiger partial charge in [0.15, 0.2) is 5.76 Å². The van der Waals surface area contributed by atoms with Crippen LogP contribution in [0, 0.1) is 0 Å². The van der Waals surface area contributed by atoms with Gasteiger partial charge in [0.2, 0.25) is 0 Å². The number of hydrogen-bond acceptors (Lipinski definition) is 6. The molecular formula is C21H18N2O5S. The van der Waals surface area contributed by atoms with Gasteiger partial charge in [-0.05, 0) is 43.3 Å². The number of hydrazine groups is 1. The molecular weight excluding hydrogens is 392 g/mol. The average Bonchev–Trinajstić information content (AvgIpc) is 3.26. The Kier molecular flexibility index (Phi) is 5.18. The molecule has 1 aliphatic rings. The number of phenolic OH excluding ortho intramolecular Hbond substituents is 1. The summed E-state index contributed by atoms with van der Waals surface area (Å²) in [7, 11) is 0. The molecule has 2 heterocycles. The molecule has 0 saturated heterocycles. The van der Waals surface area contributed by atoms with Crippen LogP contribution in [0.1, 0.15) is 38.8 Å². The van der Waals surface area contributed by atoms with Gasteiger partial charge in [0, 0.05) is 16.5 Å². The molecule has 8 heteroatoms. The quantitative estimate of drug-likeness (QED) is 0.661. The topological polar surface area (TPSA) is 92.0 Å². The van der Waals surface area contributed by atoms with E-state index < -0.39 is 11.3 Å². The van der Waals surface area contributed by atoms with E-state index in [1.54, 1.807) is 24.3 Å². The molecule has 148 valence electrons. The van der Waals surface area contributed by atoms with Crippen LogP contribution < -0.4 is 10.2 Å². The van der Waals surface area contributed by atoms with Crippen molar-refractivity contribution in [2.24, 2.45) is 0 Å². The van der Waals surface area contributed by atoms with Crippen LogP contribution in [0.5, 0.6) is 11.5 Å². The van der Waals surface area contributed by atoms with Crippen LogP contribution in [0.3, 0.4) is 0 Å². The molecule has 0 aliphatic carbocycles. The Labute approximate surface area is 171 Å². The summed E-state index contributed by atoms with van der Waals surface area (Å²) in [6.45, 7) is 2.22. The smallest absolute Gasteiger partial charge is 0.305 e. The highest BCUT2D eigenvalue weighted by atomic mass is 32.2. The molecule has 1 atom stereocenters. The normalized spacial score (nSPS) is 15.7. The molecule has 2 aromatic carbocycles. The predicted molar refractivity (Wildman–Crippen MR) is 107 cm³/mol. The van der Waals surface area contributed by atoms with Crippen LogP contribution in [0.15, 0.2) is 70.2 Å². The summed E-state index contributed by atoms with van der Waals surface area (Å²) >= 11 is 1.41. The summed E-state index contributed by atoms with van der Waals surface area (Å²) in [5, 5.41) is 10.5. The average molecular weight is 410 g/mol. The Morgan fingerprint density at radius 1 is 1.24 bits per heavy atom. The number of carbonyl (C=O) groups is 2. The Balaban J connectivity index is 1.77. The monoisotopic (exact) mass is 410 g/mol. The Morgan fingerprint density at radius 2 is 2.07 bits per heavy atom. The fourth-order valence-corrected chi connectivity index (χ4v) is 4.30. The van der Waals surface area contributed by atoms with Crippen LogP contribution in [0.25, 0.3) is 0 Å². The maximum absolute atomic E-state index is 13.2. The molecule has 2 amide bonds. The first-order chi connectivity index (χ1) is 14.1. The van der Waals surface area contributed by atoms with Gasteiger partial charge in [0.1, 0.15) is 16.9 Å². The highest BCUT2D eigenvalue weighted by Gasteiger charge is 2.37. The minimum atomic E-state index is -0.599. The van der Waals surface area contributed by atoms with Crippen molar-refractivity contribution < 1.29 is 23.8 Å². The van der Waals surface area contributed by atoms with Crippen molar-refractivity contribution in [2.45, 2.75) is 17.2 Å². The van der Waals surface area contributed by atoms with Crippen LogP contribution in [0.2, 0.25) is 0 Å². The predicted octanol–water partition coefficient (Wildman–Crippen LogP) is 3.98. The van der Waals surface area contributed by atoms with E-state index in [9.17, 15) is 14.7 Å². The first-order valence-electron chi connectivity index (χ1n) is 8.98. The third-order valence-corrected chi connectivity index (χ3v) is 5.64. The summed E-state index contributed by atoms with van der Waals surface area (Å²) in [5.41, 5.74) is 3.80. The number of phenols is 1. The van der Waals surface area contributed by atoms with E-state index in [1.165, 1.54) is 41.2 Å². The molecule has 0 radical (unpaired) electrons. The van der Waals surface area contributed by atoms with Crippen LogP contribution in [-0.2, 0) is 0 Å². The van der Waals surface area contributed by atoms with Crippen molar-refractivity contribution >= 4 is 23.6 Å². The zero-order chi connectivity index (χ0) is 20.4. The van der Waals surface area contributed by atoms with Crippen molar-refractivity contribution in [1.82, 2.24) is 10.4 Å². The molecule has 1 aliphatic heterocycles. The second kappa shape index (κ2) is 7.92. The first kappa shape index (κ1) is 18.9. The number of aromatic hydroxyl groups is 1. The molecule has 7 nitrogen and oxygen atoms in total. The van der Waals surface area contributed by atoms with E-state index in [0.717, 1.165) is 4.90 Å². The van der Waals surface area contributed by atoms with Crippen LogP contribution in [-0.4, -0.2) is 28.5 Å². The molecule has 1 unspecified atom stereocenters. The van der Waals surface area contributed by atoms with Crippen LogP contribution in [0.4, 0.5) is 0 Å². The third kappa shape index (κ3) is 3.66. The number of thioether (sulfide) groups is 1. The fraction of sp³-hybridized carbons (Fsp3) is 0.143. The highest BCUT2D eigenvalue weighted by Crippen LogP contribution is 2.47. The Morgan fingerprint density at radius 3 is 2.83 bits per heavy atom.